The molecule has 1 aliphatic heterocycles. The van der Waals surface area contributed by atoms with Crippen LogP contribution in [0.5, 0.6) is 11.5 Å². The number of para-hydroxylation sites is 1. The van der Waals surface area contributed by atoms with E-state index in [-0.39, 0.29) is 11.8 Å². The number of likely N-dealkylation sites (tertiary alicyclic amines) is 1. The SMILES string of the molecule is CCCCOc1c(Cl)cc(C(=O)Nc2c(C)cccc2C(=O)N2CCCC2)cc1OCC. The number of hydrogen-bond donors (Lipinski definition) is 1. The highest BCUT2D eigenvalue weighted by atomic mass is 35.5. The topological polar surface area (TPSA) is 67.9 Å². The molecular formula is C25H31ClN2O4. The van der Waals surface area contributed by atoms with E-state index >= 15 is 0 Å². The number of nitrogens with one attached hydrogen (secondary N) is 1. The second-order valence-corrected chi connectivity index (χ2v) is 8.28. The Balaban J connectivity index is 1.88. The number of nitrogens with zero attached hydrogens (tertiary/aromatic N) is 1. The molecule has 1 saturated heterocycles. The van der Waals surface area contributed by atoms with Gasteiger partial charge in [0.05, 0.1) is 29.5 Å². The number of aryl methyl sites for hydroxylation is 1. The van der Waals surface area contributed by atoms with Crippen LogP contribution in [0.2, 0.25) is 5.02 Å². The molecule has 2 aromatic carbocycles. The molecule has 0 bridgehead atoms. The lowest BCUT2D eigenvalue weighted by atomic mass is 10.1. The third-order valence-corrected chi connectivity index (χ3v) is 5.73. The molecule has 0 unspecified atom stereocenters. The molecule has 6 nitrogen and oxygen atoms in total. The third kappa shape index (κ3) is 5.54. The predicted molar refractivity (Wildman–Crippen MR) is 127 cm³/mol. The number of anilines is 1. The van der Waals surface area contributed by atoms with Crippen LogP contribution in [0.25, 0.3) is 0 Å². The van der Waals surface area contributed by atoms with E-state index in [0.29, 0.717) is 46.5 Å². The molecule has 0 radical (unpaired) electrons. The molecular weight excluding hydrogens is 428 g/mol. The van der Waals surface area contributed by atoms with E-state index in [1.807, 2.05) is 30.9 Å². The minimum Gasteiger partial charge on any atom is -0.490 e. The van der Waals surface area contributed by atoms with Crippen LogP contribution in [0.3, 0.4) is 0 Å². The van der Waals surface area contributed by atoms with E-state index < -0.39 is 0 Å². The smallest absolute Gasteiger partial charge is 0.255 e. The highest BCUT2D eigenvalue weighted by Gasteiger charge is 2.24. The van der Waals surface area contributed by atoms with Gasteiger partial charge in [0.15, 0.2) is 11.5 Å². The van der Waals surface area contributed by atoms with E-state index in [0.717, 1.165) is 44.3 Å². The normalized spacial score (nSPS) is 13.2. The van der Waals surface area contributed by atoms with Crippen LogP contribution in [-0.4, -0.2) is 43.0 Å². The van der Waals surface area contributed by atoms with Gasteiger partial charge < -0.3 is 19.7 Å². The fraction of sp³-hybridized carbons (Fsp3) is 0.440. The maximum Gasteiger partial charge on any atom is 0.255 e. The summed E-state index contributed by atoms with van der Waals surface area (Å²) in [5.74, 6) is 0.450. The molecule has 172 valence electrons. The molecule has 32 heavy (non-hydrogen) atoms. The molecule has 0 aliphatic carbocycles. The van der Waals surface area contributed by atoms with Crippen molar-refractivity contribution < 1.29 is 19.1 Å². The van der Waals surface area contributed by atoms with E-state index in [1.54, 1.807) is 18.2 Å². The lowest BCUT2D eigenvalue weighted by Gasteiger charge is -2.20. The van der Waals surface area contributed by atoms with Crippen molar-refractivity contribution >= 4 is 29.1 Å². The monoisotopic (exact) mass is 458 g/mol. The fourth-order valence-electron chi connectivity index (χ4n) is 3.71. The average Bonchev–Trinajstić information content (AvgIpc) is 3.31. The highest BCUT2D eigenvalue weighted by Crippen LogP contribution is 2.37. The first-order valence-corrected chi connectivity index (χ1v) is 11.6. The molecule has 0 aromatic heterocycles. The first-order chi connectivity index (χ1) is 15.5. The maximum absolute atomic E-state index is 13.2. The van der Waals surface area contributed by atoms with Gasteiger partial charge >= 0.3 is 0 Å². The molecule has 1 N–H and O–H groups in total. The minimum atomic E-state index is -0.363. The molecule has 1 heterocycles. The molecule has 0 spiro atoms. The second kappa shape index (κ2) is 11.2. The summed E-state index contributed by atoms with van der Waals surface area (Å²) in [5, 5.41) is 3.24. The van der Waals surface area contributed by atoms with Crippen molar-refractivity contribution in [1.29, 1.82) is 0 Å². The Morgan fingerprint density at radius 1 is 1.12 bits per heavy atom. The quantitative estimate of drug-likeness (QED) is 0.488. The Bertz CT molecular complexity index is 971. The summed E-state index contributed by atoms with van der Waals surface area (Å²) in [6.45, 7) is 8.24. The highest BCUT2D eigenvalue weighted by molar-refractivity contribution is 6.32. The number of ether oxygens (including phenoxy) is 2. The van der Waals surface area contributed by atoms with Gasteiger partial charge in [-0.25, -0.2) is 0 Å². The van der Waals surface area contributed by atoms with Gasteiger partial charge in [0.25, 0.3) is 11.8 Å². The van der Waals surface area contributed by atoms with Crippen molar-refractivity contribution in [3.63, 3.8) is 0 Å². The Kier molecular flexibility index (Phi) is 8.39. The summed E-state index contributed by atoms with van der Waals surface area (Å²) in [5.41, 5.74) is 2.17. The Hall–Kier alpha value is -2.73. The minimum absolute atomic E-state index is 0.0609. The molecule has 0 atom stereocenters. The van der Waals surface area contributed by atoms with Crippen LogP contribution in [0.1, 0.15) is 65.8 Å². The second-order valence-electron chi connectivity index (χ2n) is 7.87. The third-order valence-electron chi connectivity index (χ3n) is 5.45. The predicted octanol–water partition coefficient (Wildman–Crippen LogP) is 5.71. The van der Waals surface area contributed by atoms with E-state index in [2.05, 4.69) is 12.2 Å². The van der Waals surface area contributed by atoms with Crippen molar-refractivity contribution in [3.05, 3.63) is 52.0 Å². The molecule has 2 amide bonds. The lowest BCUT2D eigenvalue weighted by Crippen LogP contribution is -2.29. The number of halogens is 1. The number of rotatable bonds is 9. The summed E-state index contributed by atoms with van der Waals surface area (Å²) in [6.07, 6.45) is 3.90. The summed E-state index contributed by atoms with van der Waals surface area (Å²) in [6, 6.07) is 8.67. The molecule has 7 heteroatoms. The molecule has 2 aromatic rings. The van der Waals surface area contributed by atoms with Gasteiger partial charge in [-0.05, 0) is 56.9 Å². The zero-order valence-corrected chi connectivity index (χ0v) is 19.8. The summed E-state index contributed by atoms with van der Waals surface area (Å²) in [4.78, 5) is 28.0. The first-order valence-electron chi connectivity index (χ1n) is 11.3. The van der Waals surface area contributed by atoms with Gasteiger partial charge in [-0.1, -0.05) is 37.1 Å². The van der Waals surface area contributed by atoms with Crippen molar-refractivity contribution in [2.45, 2.75) is 46.5 Å². The van der Waals surface area contributed by atoms with Gasteiger partial charge in [-0.15, -0.1) is 0 Å². The van der Waals surface area contributed by atoms with Crippen LogP contribution in [0.15, 0.2) is 30.3 Å². The van der Waals surface area contributed by atoms with E-state index in [9.17, 15) is 9.59 Å². The molecule has 0 saturated carbocycles. The van der Waals surface area contributed by atoms with E-state index in [4.69, 9.17) is 21.1 Å². The number of unbranched alkanes of at least 4 members (excludes halogenated alkanes) is 1. The maximum atomic E-state index is 13.2. The summed E-state index contributed by atoms with van der Waals surface area (Å²) >= 11 is 6.45. The summed E-state index contributed by atoms with van der Waals surface area (Å²) < 4.78 is 11.5. The van der Waals surface area contributed by atoms with E-state index in [1.165, 1.54) is 0 Å². The molecule has 1 aliphatic rings. The van der Waals surface area contributed by atoms with Crippen LogP contribution in [-0.2, 0) is 0 Å². The van der Waals surface area contributed by atoms with Crippen LogP contribution < -0.4 is 14.8 Å². The molecule has 1 fully saturated rings. The van der Waals surface area contributed by atoms with Gasteiger partial charge in [0.2, 0.25) is 0 Å². The van der Waals surface area contributed by atoms with Crippen LogP contribution >= 0.6 is 11.6 Å². The van der Waals surface area contributed by atoms with Gasteiger partial charge in [0, 0.05) is 18.7 Å². The standard InChI is InChI=1S/C25H31ClN2O4/c1-4-6-14-32-23-20(26)15-18(16-21(23)31-5-2)24(29)27-22-17(3)10-9-11-19(22)25(30)28-12-7-8-13-28/h9-11,15-16H,4-8,12-14H2,1-3H3,(H,27,29). The number of benzene rings is 2. The average molecular weight is 459 g/mol. The largest absolute Gasteiger partial charge is 0.490 e. The summed E-state index contributed by atoms with van der Waals surface area (Å²) in [7, 11) is 0. The van der Waals surface area contributed by atoms with Crippen molar-refractivity contribution in [2.24, 2.45) is 0 Å². The number of carbonyl (C=O) groups excluding carboxylic acids is 2. The van der Waals surface area contributed by atoms with Crippen molar-refractivity contribution in [2.75, 3.05) is 31.6 Å². The van der Waals surface area contributed by atoms with Gasteiger partial charge in [-0.2, -0.15) is 0 Å². The fourth-order valence-corrected chi connectivity index (χ4v) is 3.97. The van der Waals surface area contributed by atoms with Crippen LogP contribution in [0, 0.1) is 6.92 Å². The Labute approximate surface area is 194 Å². The zero-order valence-electron chi connectivity index (χ0n) is 19.0. The van der Waals surface area contributed by atoms with Gasteiger partial charge in [0.1, 0.15) is 0 Å². The Morgan fingerprint density at radius 2 is 1.88 bits per heavy atom. The van der Waals surface area contributed by atoms with Gasteiger partial charge in [-0.3, -0.25) is 9.59 Å². The van der Waals surface area contributed by atoms with Crippen molar-refractivity contribution in [1.82, 2.24) is 4.90 Å². The first kappa shape index (κ1) is 23.9. The molecule has 3 rings (SSSR count). The zero-order chi connectivity index (χ0) is 23.1. The lowest BCUT2D eigenvalue weighted by molar-refractivity contribution is 0.0793. The van der Waals surface area contributed by atoms with Crippen molar-refractivity contribution in [3.8, 4) is 11.5 Å². The Morgan fingerprint density at radius 3 is 2.56 bits per heavy atom. The number of amides is 2. The van der Waals surface area contributed by atoms with Crippen LogP contribution in [0.4, 0.5) is 5.69 Å². The number of carbonyl (C=O) groups is 2. The number of hydrogen-bond acceptors (Lipinski definition) is 4.